The number of aromatic nitrogens is 1. The minimum absolute atomic E-state index is 0. The van der Waals surface area contributed by atoms with E-state index in [0.29, 0.717) is 0 Å². The Morgan fingerprint density at radius 3 is 2.50 bits per heavy atom. The number of para-hydroxylation sites is 1. The highest BCUT2D eigenvalue weighted by atomic mass is 127. The van der Waals surface area contributed by atoms with Gasteiger partial charge in [-0.25, -0.2) is 0 Å². The van der Waals surface area contributed by atoms with Crippen LogP contribution < -0.4 is 15.4 Å². The molecule has 5 nitrogen and oxygen atoms in total. The molecule has 1 aromatic heterocycles. The molecule has 0 amide bonds. The van der Waals surface area contributed by atoms with Crippen molar-refractivity contribution in [2.24, 2.45) is 4.99 Å². The van der Waals surface area contributed by atoms with Crippen LogP contribution in [0.25, 0.3) is 10.9 Å². The molecule has 3 aromatic rings. The molecule has 150 valence electrons. The van der Waals surface area contributed by atoms with Gasteiger partial charge in [-0.1, -0.05) is 30.3 Å². The van der Waals surface area contributed by atoms with E-state index >= 15 is 0 Å². The SMILES string of the molecule is CN=C(NCCCc1ccc(OC)cc1)NCCc1c[nH]c2ccccc12.I. The summed E-state index contributed by atoms with van der Waals surface area (Å²) in [6.07, 6.45) is 5.13. The molecule has 0 saturated carbocycles. The van der Waals surface area contributed by atoms with E-state index in [9.17, 15) is 0 Å². The van der Waals surface area contributed by atoms with Crippen LogP contribution in [-0.2, 0) is 12.8 Å². The maximum Gasteiger partial charge on any atom is 0.190 e. The second kappa shape index (κ2) is 11.6. The Morgan fingerprint density at radius 1 is 1.00 bits per heavy atom. The molecule has 0 atom stereocenters. The predicted octanol–water partition coefficient (Wildman–Crippen LogP) is 4.13. The molecule has 0 aliphatic carbocycles. The number of nitrogens with one attached hydrogen (secondary N) is 3. The van der Waals surface area contributed by atoms with Crippen molar-refractivity contribution < 1.29 is 4.74 Å². The Hall–Kier alpha value is -2.22. The van der Waals surface area contributed by atoms with Gasteiger partial charge in [0.2, 0.25) is 0 Å². The number of aromatic amines is 1. The quantitative estimate of drug-likeness (QED) is 0.192. The lowest BCUT2D eigenvalue weighted by molar-refractivity contribution is 0.414. The molecular weight excluding hydrogens is 463 g/mol. The number of nitrogens with zero attached hydrogens (tertiary/aromatic N) is 1. The number of H-pyrrole nitrogens is 1. The van der Waals surface area contributed by atoms with Crippen LogP contribution in [0.5, 0.6) is 5.75 Å². The summed E-state index contributed by atoms with van der Waals surface area (Å²) in [6, 6.07) is 16.7. The molecule has 0 bridgehead atoms. The number of ether oxygens (including phenoxy) is 1. The Balaban J connectivity index is 0.00000280. The first-order valence-electron chi connectivity index (χ1n) is 9.42. The van der Waals surface area contributed by atoms with Crippen molar-refractivity contribution in [1.82, 2.24) is 15.6 Å². The van der Waals surface area contributed by atoms with Crippen LogP contribution in [0.4, 0.5) is 0 Å². The van der Waals surface area contributed by atoms with E-state index < -0.39 is 0 Å². The number of rotatable bonds is 8. The van der Waals surface area contributed by atoms with Gasteiger partial charge in [-0.2, -0.15) is 0 Å². The Bertz CT molecular complexity index is 874. The standard InChI is InChI=1S/C22H28N4O.HI/c1-23-22(24-14-5-6-17-9-11-19(27-2)12-10-17)25-15-13-18-16-26-21-8-4-3-7-20(18)21;/h3-4,7-12,16,26H,5-6,13-15H2,1-2H3,(H2,23,24,25);1H. The zero-order chi connectivity index (χ0) is 18.9. The van der Waals surface area contributed by atoms with Gasteiger partial charge in [0.1, 0.15) is 5.75 Å². The van der Waals surface area contributed by atoms with E-state index in [2.05, 4.69) is 63.2 Å². The van der Waals surface area contributed by atoms with Crippen molar-refractivity contribution in [1.29, 1.82) is 0 Å². The fraction of sp³-hybridized carbons (Fsp3) is 0.318. The normalized spacial score (nSPS) is 11.1. The van der Waals surface area contributed by atoms with Crippen molar-refractivity contribution in [2.75, 3.05) is 27.2 Å². The van der Waals surface area contributed by atoms with Crippen LogP contribution in [0.3, 0.4) is 0 Å². The molecule has 3 N–H and O–H groups in total. The fourth-order valence-corrected chi connectivity index (χ4v) is 3.17. The Labute approximate surface area is 184 Å². The minimum atomic E-state index is 0. The Morgan fingerprint density at radius 2 is 1.75 bits per heavy atom. The van der Waals surface area contributed by atoms with E-state index in [4.69, 9.17) is 4.74 Å². The van der Waals surface area contributed by atoms with Gasteiger partial charge in [-0.15, -0.1) is 24.0 Å². The molecule has 0 radical (unpaired) electrons. The maximum atomic E-state index is 5.19. The lowest BCUT2D eigenvalue weighted by atomic mass is 10.1. The monoisotopic (exact) mass is 492 g/mol. The van der Waals surface area contributed by atoms with E-state index in [-0.39, 0.29) is 24.0 Å². The summed E-state index contributed by atoms with van der Waals surface area (Å²) in [5.74, 6) is 1.75. The predicted molar refractivity (Wildman–Crippen MR) is 128 cm³/mol. The number of guanidine groups is 1. The van der Waals surface area contributed by atoms with E-state index in [1.807, 2.05) is 19.2 Å². The summed E-state index contributed by atoms with van der Waals surface area (Å²) in [4.78, 5) is 7.63. The Kier molecular flexibility index (Phi) is 9.13. The van der Waals surface area contributed by atoms with Crippen LogP contribution in [0.2, 0.25) is 0 Å². The number of fused-ring (bicyclic) bond motifs is 1. The molecule has 3 rings (SSSR count). The van der Waals surface area contributed by atoms with Crippen LogP contribution in [0, 0.1) is 0 Å². The smallest absolute Gasteiger partial charge is 0.190 e. The number of hydrogen-bond acceptors (Lipinski definition) is 2. The summed E-state index contributed by atoms with van der Waals surface area (Å²) >= 11 is 0. The van der Waals surface area contributed by atoms with Crippen molar-refractivity contribution in [3.63, 3.8) is 0 Å². The van der Waals surface area contributed by atoms with Gasteiger partial charge in [0.15, 0.2) is 5.96 Å². The summed E-state index contributed by atoms with van der Waals surface area (Å²) in [7, 11) is 3.50. The first-order chi connectivity index (χ1) is 13.3. The topological polar surface area (TPSA) is 61.4 Å². The zero-order valence-corrected chi connectivity index (χ0v) is 18.8. The summed E-state index contributed by atoms with van der Waals surface area (Å²) in [5.41, 5.74) is 3.83. The first kappa shape index (κ1) is 22.1. The number of methoxy groups -OCH3 is 1. The summed E-state index contributed by atoms with van der Waals surface area (Å²) in [6.45, 7) is 1.73. The fourth-order valence-electron chi connectivity index (χ4n) is 3.17. The van der Waals surface area contributed by atoms with Gasteiger partial charge in [-0.05, 0) is 48.6 Å². The van der Waals surface area contributed by atoms with E-state index in [1.54, 1.807) is 7.11 Å². The van der Waals surface area contributed by atoms with Gasteiger partial charge >= 0.3 is 0 Å². The van der Waals surface area contributed by atoms with E-state index in [1.165, 1.54) is 22.0 Å². The molecule has 0 spiro atoms. The van der Waals surface area contributed by atoms with E-state index in [0.717, 1.165) is 44.1 Å². The number of aryl methyl sites for hydroxylation is 1. The third kappa shape index (κ3) is 6.15. The maximum absolute atomic E-state index is 5.19. The number of aliphatic imine (C=N–C) groups is 1. The molecule has 28 heavy (non-hydrogen) atoms. The molecule has 0 aliphatic heterocycles. The highest BCUT2D eigenvalue weighted by Gasteiger charge is 2.03. The van der Waals surface area contributed by atoms with Crippen molar-refractivity contribution in [3.8, 4) is 5.75 Å². The van der Waals surface area contributed by atoms with Crippen molar-refractivity contribution in [3.05, 3.63) is 65.9 Å². The van der Waals surface area contributed by atoms with Crippen LogP contribution in [0.1, 0.15) is 17.5 Å². The zero-order valence-electron chi connectivity index (χ0n) is 16.5. The molecular formula is C22H29IN4O. The second-order valence-electron chi connectivity index (χ2n) is 6.49. The van der Waals surface area contributed by atoms with Gasteiger partial charge < -0.3 is 20.4 Å². The molecule has 0 fully saturated rings. The van der Waals surface area contributed by atoms with Crippen molar-refractivity contribution >= 4 is 40.8 Å². The molecule has 0 unspecified atom stereocenters. The van der Waals surface area contributed by atoms with Crippen LogP contribution >= 0.6 is 24.0 Å². The number of hydrogen-bond donors (Lipinski definition) is 3. The summed E-state index contributed by atoms with van der Waals surface area (Å²) in [5, 5.41) is 8.07. The highest BCUT2D eigenvalue weighted by molar-refractivity contribution is 14.0. The average molecular weight is 492 g/mol. The molecule has 6 heteroatoms. The second-order valence-corrected chi connectivity index (χ2v) is 6.49. The molecule has 2 aromatic carbocycles. The van der Waals surface area contributed by atoms with Gasteiger partial charge in [0.25, 0.3) is 0 Å². The lowest BCUT2D eigenvalue weighted by Crippen LogP contribution is -2.38. The molecule has 1 heterocycles. The number of halogens is 1. The van der Waals surface area contributed by atoms with Crippen LogP contribution in [0.15, 0.2) is 59.7 Å². The third-order valence-corrected chi connectivity index (χ3v) is 4.68. The third-order valence-electron chi connectivity index (χ3n) is 4.68. The largest absolute Gasteiger partial charge is 0.497 e. The summed E-state index contributed by atoms with van der Waals surface area (Å²) < 4.78 is 5.19. The molecule has 0 aliphatic rings. The minimum Gasteiger partial charge on any atom is -0.497 e. The van der Waals surface area contributed by atoms with Gasteiger partial charge in [-0.3, -0.25) is 4.99 Å². The van der Waals surface area contributed by atoms with Gasteiger partial charge in [0, 0.05) is 37.2 Å². The molecule has 0 saturated heterocycles. The first-order valence-corrected chi connectivity index (χ1v) is 9.42. The lowest BCUT2D eigenvalue weighted by Gasteiger charge is -2.12. The highest BCUT2D eigenvalue weighted by Crippen LogP contribution is 2.17. The van der Waals surface area contributed by atoms with Crippen molar-refractivity contribution in [2.45, 2.75) is 19.3 Å². The number of benzene rings is 2. The average Bonchev–Trinajstić information content (AvgIpc) is 3.13. The van der Waals surface area contributed by atoms with Gasteiger partial charge in [0.05, 0.1) is 7.11 Å². The van der Waals surface area contributed by atoms with Crippen LogP contribution in [-0.4, -0.2) is 38.2 Å².